The van der Waals surface area contributed by atoms with Gasteiger partial charge in [0.1, 0.15) is 10.8 Å². The molecular weight excluding hydrogens is 174 g/mol. The van der Waals surface area contributed by atoms with Crippen LogP contribution in [-0.4, -0.2) is 15.9 Å². The van der Waals surface area contributed by atoms with Crippen molar-refractivity contribution in [2.45, 2.75) is 26.9 Å². The fraction of sp³-hybridized carbons (Fsp3) is 0.500. The van der Waals surface area contributed by atoms with Gasteiger partial charge in [-0.3, -0.25) is 4.79 Å². The summed E-state index contributed by atoms with van der Waals surface area (Å²) in [5.74, 6) is 0.131. The van der Waals surface area contributed by atoms with E-state index in [2.05, 4.69) is 4.98 Å². The van der Waals surface area contributed by atoms with Crippen molar-refractivity contribution in [3.63, 3.8) is 0 Å². The monoisotopic (exact) mass is 185 g/mol. The Hall–Kier alpha value is -0.740. The Balaban J connectivity index is 2.84. The number of hydrogen-bond acceptors (Lipinski definition) is 4. The number of aryl methyl sites for hydroxylation is 1. The van der Waals surface area contributed by atoms with Crippen LogP contribution < -0.4 is 0 Å². The molecule has 0 aliphatic carbocycles. The molecule has 0 fully saturated rings. The highest BCUT2D eigenvalue weighted by Crippen LogP contribution is 2.18. The van der Waals surface area contributed by atoms with Gasteiger partial charge in [0.15, 0.2) is 0 Å². The third kappa shape index (κ3) is 2.12. The Morgan fingerprint density at radius 1 is 1.67 bits per heavy atom. The first-order chi connectivity index (χ1) is 5.63. The molecule has 1 heterocycles. The zero-order valence-electron chi connectivity index (χ0n) is 7.13. The van der Waals surface area contributed by atoms with Crippen molar-refractivity contribution in [3.8, 4) is 0 Å². The third-order valence-corrected chi connectivity index (χ3v) is 2.62. The lowest BCUT2D eigenvalue weighted by Crippen LogP contribution is -1.95. The SMILES string of the molecule is CC(=O)Cc1sc(CO)nc1C. The Kier molecular flexibility index (Phi) is 2.94. The van der Waals surface area contributed by atoms with E-state index in [-0.39, 0.29) is 12.4 Å². The molecule has 12 heavy (non-hydrogen) atoms. The Bertz CT molecular complexity index is 293. The predicted molar refractivity (Wildman–Crippen MR) is 47.2 cm³/mol. The Morgan fingerprint density at radius 3 is 2.75 bits per heavy atom. The fourth-order valence-electron chi connectivity index (χ4n) is 0.946. The summed E-state index contributed by atoms with van der Waals surface area (Å²) in [6.07, 6.45) is 0.434. The molecule has 0 spiro atoms. The van der Waals surface area contributed by atoms with Gasteiger partial charge in [-0.15, -0.1) is 11.3 Å². The van der Waals surface area contributed by atoms with Gasteiger partial charge in [-0.2, -0.15) is 0 Å². The molecule has 3 nitrogen and oxygen atoms in total. The maximum atomic E-state index is 10.8. The second-order valence-corrected chi connectivity index (χ2v) is 3.82. The van der Waals surface area contributed by atoms with E-state index in [1.54, 1.807) is 6.92 Å². The first-order valence-corrected chi connectivity index (χ1v) is 4.50. The van der Waals surface area contributed by atoms with E-state index in [1.807, 2.05) is 6.92 Å². The van der Waals surface area contributed by atoms with Crippen LogP contribution in [0, 0.1) is 6.92 Å². The minimum Gasteiger partial charge on any atom is -0.389 e. The quantitative estimate of drug-likeness (QED) is 0.766. The normalized spacial score (nSPS) is 10.2. The van der Waals surface area contributed by atoms with E-state index in [4.69, 9.17) is 5.11 Å². The highest BCUT2D eigenvalue weighted by Gasteiger charge is 2.07. The van der Waals surface area contributed by atoms with Crippen molar-refractivity contribution in [1.29, 1.82) is 0 Å². The zero-order valence-corrected chi connectivity index (χ0v) is 7.94. The number of thiazole rings is 1. The van der Waals surface area contributed by atoms with Crippen LogP contribution in [0.2, 0.25) is 0 Å². The Morgan fingerprint density at radius 2 is 2.33 bits per heavy atom. The Labute approximate surface area is 75.1 Å². The molecule has 0 atom stereocenters. The summed E-state index contributed by atoms with van der Waals surface area (Å²) in [6.45, 7) is 3.37. The van der Waals surface area contributed by atoms with E-state index < -0.39 is 0 Å². The summed E-state index contributed by atoms with van der Waals surface area (Å²) < 4.78 is 0. The smallest absolute Gasteiger partial charge is 0.135 e. The van der Waals surface area contributed by atoms with Gasteiger partial charge in [0.2, 0.25) is 0 Å². The molecule has 0 aliphatic heterocycles. The van der Waals surface area contributed by atoms with Gasteiger partial charge in [-0.1, -0.05) is 0 Å². The molecule has 0 aromatic carbocycles. The molecule has 0 saturated carbocycles. The lowest BCUT2D eigenvalue weighted by atomic mass is 10.2. The van der Waals surface area contributed by atoms with Gasteiger partial charge < -0.3 is 5.11 Å². The van der Waals surface area contributed by atoms with Gasteiger partial charge in [-0.05, 0) is 13.8 Å². The summed E-state index contributed by atoms with van der Waals surface area (Å²) in [7, 11) is 0. The largest absolute Gasteiger partial charge is 0.389 e. The number of aliphatic hydroxyl groups is 1. The highest BCUT2D eigenvalue weighted by atomic mass is 32.1. The summed E-state index contributed by atoms with van der Waals surface area (Å²) in [6, 6.07) is 0. The van der Waals surface area contributed by atoms with E-state index in [0.717, 1.165) is 10.6 Å². The van der Waals surface area contributed by atoms with Crippen LogP contribution in [0.5, 0.6) is 0 Å². The molecule has 0 aliphatic rings. The van der Waals surface area contributed by atoms with Crippen molar-refractivity contribution in [2.75, 3.05) is 0 Å². The second-order valence-electron chi connectivity index (χ2n) is 2.65. The maximum absolute atomic E-state index is 10.8. The van der Waals surface area contributed by atoms with Crippen molar-refractivity contribution >= 4 is 17.1 Å². The molecule has 1 rings (SSSR count). The van der Waals surface area contributed by atoms with Crippen molar-refractivity contribution in [3.05, 3.63) is 15.6 Å². The first kappa shape index (κ1) is 9.35. The number of aliphatic hydroxyl groups excluding tert-OH is 1. The average Bonchev–Trinajstić information content (AvgIpc) is 2.31. The number of Topliss-reactive ketones (excluding diaryl/α,β-unsaturated/α-hetero) is 1. The number of hydrogen-bond donors (Lipinski definition) is 1. The second kappa shape index (κ2) is 3.78. The van der Waals surface area contributed by atoms with Crippen LogP contribution in [0.3, 0.4) is 0 Å². The molecular formula is C8H11NO2S. The number of carbonyl (C=O) groups is 1. The fourth-order valence-corrected chi connectivity index (χ4v) is 1.95. The van der Waals surface area contributed by atoms with Crippen molar-refractivity contribution in [2.24, 2.45) is 0 Å². The van der Waals surface area contributed by atoms with Gasteiger partial charge in [0.25, 0.3) is 0 Å². The first-order valence-electron chi connectivity index (χ1n) is 3.69. The van der Waals surface area contributed by atoms with Crippen LogP contribution in [0.15, 0.2) is 0 Å². The molecule has 0 amide bonds. The standard InChI is InChI=1S/C8H11NO2S/c1-5(11)3-7-6(2)9-8(4-10)12-7/h10H,3-4H2,1-2H3. The third-order valence-electron chi connectivity index (χ3n) is 1.48. The van der Waals surface area contributed by atoms with Crippen LogP contribution in [0.4, 0.5) is 0 Å². The maximum Gasteiger partial charge on any atom is 0.135 e. The minimum atomic E-state index is -0.0383. The molecule has 4 heteroatoms. The number of ketones is 1. The van der Waals surface area contributed by atoms with Gasteiger partial charge in [-0.25, -0.2) is 4.98 Å². The predicted octanol–water partition coefficient (Wildman–Crippen LogP) is 1.08. The molecule has 0 unspecified atom stereocenters. The van der Waals surface area contributed by atoms with Crippen LogP contribution >= 0.6 is 11.3 Å². The van der Waals surface area contributed by atoms with Crippen molar-refractivity contribution < 1.29 is 9.90 Å². The molecule has 0 bridgehead atoms. The van der Waals surface area contributed by atoms with Crippen LogP contribution in [-0.2, 0) is 17.8 Å². The summed E-state index contributed by atoms with van der Waals surface area (Å²) in [4.78, 5) is 15.8. The van der Waals surface area contributed by atoms with E-state index in [1.165, 1.54) is 11.3 Å². The molecule has 66 valence electrons. The number of aromatic nitrogens is 1. The lowest BCUT2D eigenvalue weighted by molar-refractivity contribution is -0.116. The number of carbonyl (C=O) groups excluding carboxylic acids is 1. The van der Waals surface area contributed by atoms with Gasteiger partial charge in [0, 0.05) is 11.3 Å². The highest BCUT2D eigenvalue weighted by molar-refractivity contribution is 7.11. The van der Waals surface area contributed by atoms with Crippen LogP contribution in [0.25, 0.3) is 0 Å². The molecule has 1 N–H and O–H groups in total. The summed E-state index contributed by atoms with van der Waals surface area (Å²) in [5.41, 5.74) is 0.860. The minimum absolute atomic E-state index is 0.0383. The van der Waals surface area contributed by atoms with Crippen molar-refractivity contribution in [1.82, 2.24) is 4.98 Å². The topological polar surface area (TPSA) is 50.2 Å². The number of nitrogens with zero attached hydrogens (tertiary/aromatic N) is 1. The van der Waals surface area contributed by atoms with Gasteiger partial charge in [0.05, 0.1) is 12.3 Å². The zero-order chi connectivity index (χ0) is 9.14. The molecule has 1 aromatic heterocycles. The van der Waals surface area contributed by atoms with E-state index in [0.29, 0.717) is 11.4 Å². The van der Waals surface area contributed by atoms with Crippen LogP contribution in [0.1, 0.15) is 22.5 Å². The lowest BCUT2D eigenvalue weighted by Gasteiger charge is -1.90. The molecule has 0 saturated heterocycles. The molecule has 1 aromatic rings. The average molecular weight is 185 g/mol. The summed E-state index contributed by atoms with van der Waals surface area (Å²) in [5, 5.41) is 9.46. The number of rotatable bonds is 3. The van der Waals surface area contributed by atoms with Gasteiger partial charge >= 0.3 is 0 Å². The van der Waals surface area contributed by atoms with E-state index >= 15 is 0 Å². The summed E-state index contributed by atoms with van der Waals surface area (Å²) >= 11 is 1.41. The molecule has 0 radical (unpaired) electrons. The van der Waals surface area contributed by atoms with E-state index in [9.17, 15) is 4.79 Å².